The van der Waals surface area contributed by atoms with Crippen molar-refractivity contribution in [2.24, 2.45) is 0 Å². The van der Waals surface area contributed by atoms with Crippen molar-refractivity contribution in [3.8, 4) is 5.69 Å². The SMILES string of the molecule is CC(c1ccccn1)N1CCN(c2cnn(-c3ccccc3)c2)CC1. The van der Waals surface area contributed by atoms with Gasteiger partial charge < -0.3 is 4.90 Å². The Balaban J connectivity index is 1.40. The van der Waals surface area contributed by atoms with Crippen LogP contribution in [-0.4, -0.2) is 45.8 Å². The third kappa shape index (κ3) is 3.42. The van der Waals surface area contributed by atoms with E-state index in [1.807, 2.05) is 41.3 Å². The van der Waals surface area contributed by atoms with Crippen LogP contribution in [0.1, 0.15) is 18.7 Å². The van der Waals surface area contributed by atoms with Crippen LogP contribution < -0.4 is 4.90 Å². The summed E-state index contributed by atoms with van der Waals surface area (Å²) in [5.41, 5.74) is 3.43. The largest absolute Gasteiger partial charge is 0.366 e. The smallest absolute Gasteiger partial charge is 0.0758 e. The highest BCUT2D eigenvalue weighted by atomic mass is 15.3. The summed E-state index contributed by atoms with van der Waals surface area (Å²) in [4.78, 5) is 9.41. The fourth-order valence-electron chi connectivity index (χ4n) is 3.38. The number of benzene rings is 1. The Labute approximate surface area is 148 Å². The Hall–Kier alpha value is -2.66. The molecule has 4 rings (SSSR count). The van der Waals surface area contributed by atoms with Crippen LogP contribution in [-0.2, 0) is 0 Å². The first-order chi connectivity index (χ1) is 12.3. The second-order valence-corrected chi connectivity index (χ2v) is 6.43. The van der Waals surface area contributed by atoms with Crippen molar-refractivity contribution >= 4 is 5.69 Å². The van der Waals surface area contributed by atoms with Crippen LogP contribution in [0, 0.1) is 0 Å². The zero-order valence-electron chi connectivity index (χ0n) is 14.5. The van der Waals surface area contributed by atoms with Crippen molar-refractivity contribution in [1.29, 1.82) is 0 Å². The second-order valence-electron chi connectivity index (χ2n) is 6.43. The lowest BCUT2D eigenvalue weighted by atomic mass is 10.1. The summed E-state index contributed by atoms with van der Waals surface area (Å²) < 4.78 is 1.94. The van der Waals surface area contributed by atoms with Crippen molar-refractivity contribution in [2.75, 3.05) is 31.1 Å². The van der Waals surface area contributed by atoms with E-state index in [1.54, 1.807) is 0 Å². The molecule has 2 aromatic heterocycles. The normalized spacial score (nSPS) is 16.8. The summed E-state index contributed by atoms with van der Waals surface area (Å²) in [6.45, 7) is 6.34. The molecule has 1 fully saturated rings. The van der Waals surface area contributed by atoms with Gasteiger partial charge in [0.05, 0.1) is 29.5 Å². The minimum atomic E-state index is 0.357. The number of aromatic nitrogens is 3. The standard InChI is InChI=1S/C20H23N5/c1-17(20-9-5-6-10-21-20)23-11-13-24(14-12-23)19-15-22-25(16-19)18-7-3-2-4-8-18/h2-10,15-17H,11-14H2,1H3. The van der Waals surface area contributed by atoms with Crippen LogP contribution in [0.4, 0.5) is 5.69 Å². The Bertz CT molecular complexity index is 791. The first-order valence-corrected chi connectivity index (χ1v) is 8.81. The molecule has 25 heavy (non-hydrogen) atoms. The Kier molecular flexibility index (Phi) is 4.48. The van der Waals surface area contributed by atoms with Gasteiger partial charge in [-0.2, -0.15) is 5.10 Å². The number of nitrogens with zero attached hydrogens (tertiary/aromatic N) is 5. The second kappa shape index (κ2) is 7.07. The van der Waals surface area contributed by atoms with E-state index in [9.17, 15) is 0 Å². The summed E-state index contributed by atoms with van der Waals surface area (Å²) in [5, 5.41) is 4.51. The summed E-state index contributed by atoms with van der Waals surface area (Å²) in [5.74, 6) is 0. The molecule has 0 amide bonds. The number of pyridine rings is 1. The summed E-state index contributed by atoms with van der Waals surface area (Å²) >= 11 is 0. The number of rotatable bonds is 4. The maximum atomic E-state index is 4.51. The quantitative estimate of drug-likeness (QED) is 0.735. The van der Waals surface area contributed by atoms with Crippen LogP contribution in [0.25, 0.3) is 5.69 Å². The van der Waals surface area contributed by atoms with Crippen LogP contribution in [0.15, 0.2) is 67.1 Å². The minimum absolute atomic E-state index is 0.357. The summed E-state index contributed by atoms with van der Waals surface area (Å²) in [6.07, 6.45) is 5.96. The first-order valence-electron chi connectivity index (χ1n) is 8.81. The molecule has 1 aromatic carbocycles. The van der Waals surface area contributed by atoms with E-state index < -0.39 is 0 Å². The molecule has 0 saturated carbocycles. The van der Waals surface area contributed by atoms with Crippen molar-refractivity contribution in [3.63, 3.8) is 0 Å². The van der Waals surface area contributed by atoms with Gasteiger partial charge in [0.2, 0.25) is 0 Å². The molecular formula is C20H23N5. The zero-order chi connectivity index (χ0) is 17.1. The average molecular weight is 333 g/mol. The number of hydrogen-bond donors (Lipinski definition) is 0. The molecule has 3 heterocycles. The number of piperazine rings is 1. The number of para-hydroxylation sites is 1. The molecule has 0 spiro atoms. The van der Waals surface area contributed by atoms with Gasteiger partial charge in [-0.15, -0.1) is 0 Å². The van der Waals surface area contributed by atoms with Gasteiger partial charge in [-0.05, 0) is 31.2 Å². The van der Waals surface area contributed by atoms with Crippen LogP contribution >= 0.6 is 0 Å². The Morgan fingerprint density at radius 2 is 1.64 bits per heavy atom. The molecule has 1 aliphatic rings. The highest BCUT2D eigenvalue weighted by molar-refractivity contribution is 5.45. The van der Waals surface area contributed by atoms with Gasteiger partial charge in [0, 0.05) is 38.4 Å². The minimum Gasteiger partial charge on any atom is -0.366 e. The van der Waals surface area contributed by atoms with Crippen molar-refractivity contribution in [1.82, 2.24) is 19.7 Å². The molecule has 5 nitrogen and oxygen atoms in total. The molecule has 1 atom stereocenters. The van der Waals surface area contributed by atoms with Crippen LogP contribution in [0.5, 0.6) is 0 Å². The lowest BCUT2D eigenvalue weighted by Gasteiger charge is -2.38. The van der Waals surface area contributed by atoms with Gasteiger partial charge >= 0.3 is 0 Å². The molecular weight excluding hydrogens is 310 g/mol. The Morgan fingerprint density at radius 1 is 0.880 bits per heavy atom. The third-order valence-electron chi connectivity index (χ3n) is 4.93. The molecule has 1 aliphatic heterocycles. The van der Waals surface area contributed by atoms with Gasteiger partial charge in [-0.25, -0.2) is 4.68 Å². The van der Waals surface area contributed by atoms with E-state index in [0.29, 0.717) is 6.04 Å². The Morgan fingerprint density at radius 3 is 2.36 bits per heavy atom. The number of anilines is 1. The van der Waals surface area contributed by atoms with E-state index in [4.69, 9.17) is 0 Å². The fourth-order valence-corrected chi connectivity index (χ4v) is 3.38. The zero-order valence-corrected chi connectivity index (χ0v) is 14.5. The molecule has 0 radical (unpaired) electrons. The highest BCUT2D eigenvalue weighted by Crippen LogP contribution is 2.23. The summed E-state index contributed by atoms with van der Waals surface area (Å²) in [6, 6.07) is 16.7. The van der Waals surface area contributed by atoms with E-state index in [2.05, 4.69) is 57.3 Å². The molecule has 0 aliphatic carbocycles. The van der Waals surface area contributed by atoms with Gasteiger partial charge in [0.1, 0.15) is 0 Å². The highest BCUT2D eigenvalue weighted by Gasteiger charge is 2.23. The van der Waals surface area contributed by atoms with Gasteiger partial charge in [0.15, 0.2) is 0 Å². The van der Waals surface area contributed by atoms with E-state index in [1.165, 1.54) is 5.69 Å². The first kappa shape index (κ1) is 15.8. The van der Waals surface area contributed by atoms with Crippen LogP contribution in [0.2, 0.25) is 0 Å². The monoisotopic (exact) mass is 333 g/mol. The topological polar surface area (TPSA) is 37.2 Å². The predicted octanol–water partition coefficient (Wildman–Crippen LogP) is 3.15. The van der Waals surface area contributed by atoms with Gasteiger partial charge in [-0.1, -0.05) is 24.3 Å². The molecule has 3 aromatic rings. The molecule has 0 bridgehead atoms. The molecule has 5 heteroatoms. The van der Waals surface area contributed by atoms with Crippen molar-refractivity contribution in [3.05, 3.63) is 72.8 Å². The molecule has 128 valence electrons. The van der Waals surface area contributed by atoms with Gasteiger partial charge in [-0.3, -0.25) is 9.88 Å². The number of hydrogen-bond acceptors (Lipinski definition) is 4. The molecule has 1 saturated heterocycles. The van der Waals surface area contributed by atoms with E-state index >= 15 is 0 Å². The maximum absolute atomic E-state index is 4.51. The third-order valence-corrected chi connectivity index (χ3v) is 4.93. The maximum Gasteiger partial charge on any atom is 0.0758 e. The summed E-state index contributed by atoms with van der Waals surface area (Å²) in [7, 11) is 0. The van der Waals surface area contributed by atoms with Gasteiger partial charge in [0.25, 0.3) is 0 Å². The van der Waals surface area contributed by atoms with E-state index in [0.717, 1.165) is 37.6 Å². The van der Waals surface area contributed by atoms with Crippen LogP contribution in [0.3, 0.4) is 0 Å². The molecule has 1 unspecified atom stereocenters. The predicted molar refractivity (Wildman–Crippen MR) is 100 cm³/mol. The molecule has 0 N–H and O–H groups in total. The van der Waals surface area contributed by atoms with E-state index in [-0.39, 0.29) is 0 Å². The lowest BCUT2D eigenvalue weighted by molar-refractivity contribution is 0.195. The van der Waals surface area contributed by atoms with Crippen molar-refractivity contribution in [2.45, 2.75) is 13.0 Å². The fraction of sp³-hybridized carbons (Fsp3) is 0.300. The lowest BCUT2D eigenvalue weighted by Crippen LogP contribution is -2.47. The average Bonchev–Trinajstić information content (AvgIpc) is 3.19. The van der Waals surface area contributed by atoms with Crippen molar-refractivity contribution < 1.29 is 0 Å².